The summed E-state index contributed by atoms with van der Waals surface area (Å²) in [6, 6.07) is 11.5. The molecule has 0 aliphatic carbocycles. The zero-order valence-electron chi connectivity index (χ0n) is 10.1. The van der Waals surface area contributed by atoms with Crippen molar-refractivity contribution >= 4 is 23.2 Å². The Kier molecular flexibility index (Phi) is 4.30. The first-order valence-electron chi connectivity index (χ1n) is 5.77. The van der Waals surface area contributed by atoms with Gasteiger partial charge in [0.15, 0.2) is 10.8 Å². The van der Waals surface area contributed by atoms with Crippen molar-refractivity contribution in [2.45, 2.75) is 6.42 Å². The van der Waals surface area contributed by atoms with Gasteiger partial charge in [0.05, 0.1) is 5.69 Å². The molecule has 0 fully saturated rings. The zero-order valence-corrected chi connectivity index (χ0v) is 10.9. The Morgan fingerprint density at radius 3 is 2.68 bits per heavy atom. The second kappa shape index (κ2) is 6.15. The number of nitrogens with one attached hydrogen (secondary N) is 1. The van der Waals surface area contributed by atoms with Gasteiger partial charge in [-0.2, -0.15) is 0 Å². The van der Waals surface area contributed by atoms with Crippen LogP contribution in [0.5, 0.6) is 0 Å². The largest absolute Gasteiger partial charge is 0.383 e. The number of primary amides is 1. The molecule has 0 aliphatic heterocycles. The fourth-order valence-corrected chi connectivity index (χ4v) is 1.82. The lowest BCUT2D eigenvalue weighted by Gasteiger charge is -2.09. The van der Waals surface area contributed by atoms with E-state index >= 15 is 0 Å². The molecule has 1 aromatic heterocycles. The molecule has 0 atom stereocenters. The minimum absolute atomic E-state index is 0.0949. The summed E-state index contributed by atoms with van der Waals surface area (Å²) < 4.78 is 0. The van der Waals surface area contributed by atoms with Crippen LogP contribution in [0.3, 0.4) is 0 Å². The molecule has 0 saturated heterocycles. The summed E-state index contributed by atoms with van der Waals surface area (Å²) in [5.74, 6) is -0.633. The molecule has 0 spiro atoms. The van der Waals surface area contributed by atoms with E-state index in [1.807, 2.05) is 30.3 Å². The van der Waals surface area contributed by atoms with Crippen LogP contribution in [0, 0.1) is 0 Å². The lowest BCUT2D eigenvalue weighted by molar-refractivity contribution is 0.0995. The zero-order chi connectivity index (χ0) is 13.7. The second-order valence-corrected chi connectivity index (χ2v) is 4.34. The molecule has 0 unspecified atom stereocenters. The molecule has 0 saturated carbocycles. The Labute approximate surface area is 115 Å². The number of rotatable bonds is 5. The number of anilines is 1. The summed E-state index contributed by atoms with van der Waals surface area (Å²) in [6.07, 6.45) is 0.818. The van der Waals surface area contributed by atoms with E-state index in [9.17, 15) is 4.79 Å². The quantitative estimate of drug-likeness (QED) is 0.874. The second-order valence-electron chi connectivity index (χ2n) is 3.96. The van der Waals surface area contributed by atoms with Crippen LogP contribution in [-0.2, 0) is 6.42 Å². The summed E-state index contributed by atoms with van der Waals surface area (Å²) in [7, 11) is 0. The number of benzene rings is 1. The number of nitrogens with two attached hydrogens (primary N) is 1. The topological polar surface area (TPSA) is 80.9 Å². The molecule has 0 aliphatic rings. The monoisotopic (exact) mass is 276 g/mol. The van der Waals surface area contributed by atoms with Crippen molar-refractivity contribution in [1.29, 1.82) is 0 Å². The fraction of sp³-hybridized carbons (Fsp3) is 0.154. The SMILES string of the molecule is NC(=O)c1nnc(Cl)cc1NCCc1ccccc1. The average molecular weight is 277 g/mol. The van der Waals surface area contributed by atoms with Gasteiger partial charge in [-0.15, -0.1) is 10.2 Å². The molecule has 1 aromatic carbocycles. The average Bonchev–Trinajstić information content (AvgIpc) is 2.39. The first-order chi connectivity index (χ1) is 9.16. The maximum atomic E-state index is 11.2. The number of nitrogens with zero attached hydrogens (tertiary/aromatic N) is 2. The fourth-order valence-electron chi connectivity index (χ4n) is 1.67. The van der Waals surface area contributed by atoms with Crippen LogP contribution < -0.4 is 11.1 Å². The van der Waals surface area contributed by atoms with Gasteiger partial charge in [0.25, 0.3) is 5.91 Å². The highest BCUT2D eigenvalue weighted by molar-refractivity contribution is 6.29. The molecule has 0 bridgehead atoms. The summed E-state index contributed by atoms with van der Waals surface area (Å²) >= 11 is 5.75. The molecule has 3 N–H and O–H groups in total. The summed E-state index contributed by atoms with van der Waals surface area (Å²) in [4.78, 5) is 11.2. The van der Waals surface area contributed by atoms with Gasteiger partial charge in [0, 0.05) is 12.6 Å². The van der Waals surface area contributed by atoms with E-state index in [4.69, 9.17) is 17.3 Å². The summed E-state index contributed by atoms with van der Waals surface area (Å²) in [6.45, 7) is 0.645. The van der Waals surface area contributed by atoms with Gasteiger partial charge in [-0.25, -0.2) is 0 Å². The molecule has 0 radical (unpaired) electrons. The van der Waals surface area contributed by atoms with Crippen molar-refractivity contribution in [3.05, 3.63) is 52.8 Å². The van der Waals surface area contributed by atoms with Crippen molar-refractivity contribution in [2.24, 2.45) is 5.73 Å². The first-order valence-corrected chi connectivity index (χ1v) is 6.15. The Bertz CT molecular complexity index is 574. The molecule has 1 heterocycles. The normalized spacial score (nSPS) is 10.2. The standard InChI is InChI=1S/C13H13ClN4O/c14-11-8-10(12(13(15)19)18-17-11)16-7-6-9-4-2-1-3-5-9/h1-5,8H,6-7H2,(H2,15,19)(H,16,17). The maximum Gasteiger partial charge on any atom is 0.271 e. The summed E-state index contributed by atoms with van der Waals surface area (Å²) in [5.41, 5.74) is 7.02. The van der Waals surface area contributed by atoms with Crippen LogP contribution >= 0.6 is 11.6 Å². The highest BCUT2D eigenvalue weighted by Crippen LogP contribution is 2.16. The van der Waals surface area contributed by atoms with Crippen molar-refractivity contribution in [1.82, 2.24) is 10.2 Å². The third-order valence-corrected chi connectivity index (χ3v) is 2.75. The van der Waals surface area contributed by atoms with E-state index in [0.29, 0.717) is 12.2 Å². The lowest BCUT2D eigenvalue weighted by Crippen LogP contribution is -2.18. The van der Waals surface area contributed by atoms with E-state index < -0.39 is 5.91 Å². The summed E-state index contributed by atoms with van der Waals surface area (Å²) in [5, 5.41) is 10.6. The van der Waals surface area contributed by atoms with Gasteiger partial charge < -0.3 is 11.1 Å². The van der Waals surface area contributed by atoms with Gasteiger partial charge in [-0.3, -0.25) is 4.79 Å². The number of carbonyl (C=O) groups is 1. The minimum atomic E-state index is -0.633. The van der Waals surface area contributed by atoms with Gasteiger partial charge >= 0.3 is 0 Å². The van der Waals surface area contributed by atoms with E-state index in [0.717, 1.165) is 6.42 Å². The van der Waals surface area contributed by atoms with E-state index in [1.165, 1.54) is 5.56 Å². The Morgan fingerprint density at radius 1 is 1.26 bits per heavy atom. The maximum absolute atomic E-state index is 11.2. The van der Waals surface area contributed by atoms with Gasteiger partial charge in [-0.05, 0) is 12.0 Å². The highest BCUT2D eigenvalue weighted by Gasteiger charge is 2.11. The third kappa shape index (κ3) is 3.66. The molecule has 98 valence electrons. The molecule has 5 nitrogen and oxygen atoms in total. The molecule has 6 heteroatoms. The molecule has 1 amide bonds. The third-order valence-electron chi connectivity index (χ3n) is 2.57. The number of carbonyl (C=O) groups excluding carboxylic acids is 1. The minimum Gasteiger partial charge on any atom is -0.383 e. The van der Waals surface area contributed by atoms with E-state index in [1.54, 1.807) is 6.07 Å². The van der Waals surface area contributed by atoms with Crippen LogP contribution in [0.15, 0.2) is 36.4 Å². The predicted molar refractivity (Wildman–Crippen MR) is 74.2 cm³/mol. The van der Waals surface area contributed by atoms with Crippen LogP contribution in [0.2, 0.25) is 5.15 Å². The highest BCUT2D eigenvalue weighted by atomic mass is 35.5. The predicted octanol–water partition coefficient (Wildman–Crippen LogP) is 1.88. The lowest BCUT2D eigenvalue weighted by atomic mass is 10.1. The van der Waals surface area contributed by atoms with Crippen LogP contribution in [-0.4, -0.2) is 22.6 Å². The number of hydrogen-bond donors (Lipinski definition) is 2. The number of aromatic nitrogens is 2. The van der Waals surface area contributed by atoms with Crippen molar-refractivity contribution < 1.29 is 4.79 Å². The van der Waals surface area contributed by atoms with E-state index in [-0.39, 0.29) is 10.8 Å². The number of amides is 1. The van der Waals surface area contributed by atoms with E-state index in [2.05, 4.69) is 15.5 Å². The molecule has 2 aromatic rings. The van der Waals surface area contributed by atoms with Gasteiger partial charge in [-0.1, -0.05) is 41.9 Å². The molecule has 19 heavy (non-hydrogen) atoms. The Morgan fingerprint density at radius 2 is 2.00 bits per heavy atom. The molecule has 2 rings (SSSR count). The van der Waals surface area contributed by atoms with Crippen LogP contribution in [0.1, 0.15) is 16.1 Å². The Balaban J connectivity index is 2.03. The smallest absolute Gasteiger partial charge is 0.271 e. The van der Waals surface area contributed by atoms with Gasteiger partial charge in [0.1, 0.15) is 0 Å². The van der Waals surface area contributed by atoms with Crippen molar-refractivity contribution in [2.75, 3.05) is 11.9 Å². The number of hydrogen-bond acceptors (Lipinski definition) is 4. The number of halogens is 1. The first kappa shape index (κ1) is 13.3. The van der Waals surface area contributed by atoms with Crippen LogP contribution in [0.25, 0.3) is 0 Å². The van der Waals surface area contributed by atoms with Gasteiger partial charge in [0.2, 0.25) is 0 Å². The molecular formula is C13H13ClN4O. The molecular weight excluding hydrogens is 264 g/mol. The van der Waals surface area contributed by atoms with Crippen molar-refractivity contribution in [3.63, 3.8) is 0 Å². The van der Waals surface area contributed by atoms with Crippen molar-refractivity contribution in [3.8, 4) is 0 Å². The Hall–Kier alpha value is -2.14. The van der Waals surface area contributed by atoms with Crippen LogP contribution in [0.4, 0.5) is 5.69 Å².